The van der Waals surface area contributed by atoms with Crippen molar-refractivity contribution < 1.29 is 47.7 Å². The number of hydrogen-bond acceptors (Lipinski definition) is 5. The zero-order valence-electron chi connectivity index (χ0n) is 19.1. The molecule has 4 aliphatic heterocycles. The normalized spacial score (nSPS) is 46.6. The Bertz CT molecular complexity index is 574. The molecule has 5 fully saturated rings. The van der Waals surface area contributed by atoms with Crippen LogP contribution in [-0.4, -0.2) is 62.6 Å². The summed E-state index contributed by atoms with van der Waals surface area (Å²) in [6, 6.07) is 0. The van der Waals surface area contributed by atoms with Crippen molar-refractivity contribution in [3.63, 3.8) is 0 Å². The molecule has 5 rings (SSSR count). The topological polar surface area (TPSA) is 49.0 Å². The summed E-state index contributed by atoms with van der Waals surface area (Å²) in [5.74, 6) is 1.14. The van der Waals surface area contributed by atoms with Crippen LogP contribution in [0, 0.1) is 23.7 Å². The minimum Gasteiger partial charge on any atom is -1.00 e. The molecular formula is C22H41IN2O4. The molecule has 1 unspecified atom stereocenters. The average molecular weight is 524 g/mol. The second kappa shape index (κ2) is 8.79. The van der Waals surface area contributed by atoms with E-state index in [0.29, 0.717) is 23.7 Å². The van der Waals surface area contributed by atoms with Crippen molar-refractivity contribution in [3.05, 3.63) is 0 Å². The third-order valence-electron chi connectivity index (χ3n) is 7.76. The maximum Gasteiger partial charge on any atom is 0.201 e. The SMILES string of the molecule is C[C@@H]1CC[C@H]2[C@@H](C)C(NCCCC[N+](C)(C)C)O[C@@H]3O[C@]4(C)CC[C@@H]1[C@]32OO4.[I-]. The van der Waals surface area contributed by atoms with Crippen LogP contribution in [0.25, 0.3) is 0 Å². The quantitative estimate of drug-likeness (QED) is 0.234. The maximum atomic E-state index is 6.56. The zero-order chi connectivity index (χ0) is 20.2. The molecule has 2 bridgehead atoms. The molecule has 0 amide bonds. The molecule has 0 aromatic heterocycles. The third-order valence-corrected chi connectivity index (χ3v) is 7.76. The summed E-state index contributed by atoms with van der Waals surface area (Å²) in [6.45, 7) is 8.85. The van der Waals surface area contributed by atoms with Gasteiger partial charge in [-0.15, -0.1) is 0 Å². The summed E-state index contributed by atoms with van der Waals surface area (Å²) >= 11 is 0. The number of ether oxygens (including phenoxy) is 2. The average Bonchev–Trinajstić information content (AvgIpc) is 2.84. The monoisotopic (exact) mass is 524 g/mol. The van der Waals surface area contributed by atoms with Gasteiger partial charge >= 0.3 is 0 Å². The van der Waals surface area contributed by atoms with E-state index in [4.69, 9.17) is 19.2 Å². The standard InChI is InChI=1S/C22H41N2O4.HI/c1-15-9-10-18-16(2)19(23-13-7-8-14-24(4,5)6)25-20-22(18)17(15)11-12-21(3,26-20)27-28-22;/h15-20,23H,7-14H2,1-6H3;1H/q+1;/p-1/t15-,16-,17+,18+,19?,20-,21+,22-;/m1./s1. The highest BCUT2D eigenvalue weighted by Crippen LogP contribution is 2.60. The van der Waals surface area contributed by atoms with Crippen LogP contribution < -0.4 is 29.3 Å². The van der Waals surface area contributed by atoms with E-state index in [9.17, 15) is 0 Å². The van der Waals surface area contributed by atoms with Gasteiger partial charge in [-0.3, -0.25) is 5.32 Å². The number of nitrogens with one attached hydrogen (secondary N) is 1. The Kier molecular flexibility index (Phi) is 7.32. The van der Waals surface area contributed by atoms with Crippen LogP contribution in [0.1, 0.15) is 59.3 Å². The molecular weight excluding hydrogens is 483 g/mol. The Morgan fingerprint density at radius 3 is 2.48 bits per heavy atom. The zero-order valence-corrected chi connectivity index (χ0v) is 21.2. The maximum absolute atomic E-state index is 6.56. The fraction of sp³-hybridized carbons (Fsp3) is 1.00. The lowest BCUT2D eigenvalue weighted by molar-refractivity contribution is -0.870. The van der Waals surface area contributed by atoms with Gasteiger partial charge in [-0.05, 0) is 57.4 Å². The van der Waals surface area contributed by atoms with Crippen LogP contribution >= 0.6 is 0 Å². The minimum absolute atomic E-state index is 0. The van der Waals surface area contributed by atoms with E-state index in [2.05, 4.69) is 40.3 Å². The molecule has 4 saturated heterocycles. The number of quaternary nitrogens is 1. The number of halogens is 1. The third kappa shape index (κ3) is 4.52. The van der Waals surface area contributed by atoms with Gasteiger partial charge in [0.2, 0.25) is 5.79 Å². The van der Waals surface area contributed by atoms with Crippen LogP contribution in [0.15, 0.2) is 0 Å². The first kappa shape index (κ1) is 24.1. The van der Waals surface area contributed by atoms with Gasteiger partial charge in [0.25, 0.3) is 0 Å². The highest BCUT2D eigenvalue weighted by atomic mass is 127. The van der Waals surface area contributed by atoms with E-state index >= 15 is 0 Å². The van der Waals surface area contributed by atoms with Crippen LogP contribution in [-0.2, 0) is 19.2 Å². The van der Waals surface area contributed by atoms with Gasteiger partial charge in [0.15, 0.2) is 11.9 Å². The second-order valence-corrected chi connectivity index (χ2v) is 11.0. The molecule has 29 heavy (non-hydrogen) atoms. The van der Waals surface area contributed by atoms with Gasteiger partial charge in [-0.2, -0.15) is 0 Å². The molecule has 170 valence electrons. The summed E-state index contributed by atoms with van der Waals surface area (Å²) in [7, 11) is 6.75. The van der Waals surface area contributed by atoms with Gasteiger partial charge in [0.1, 0.15) is 6.23 Å². The van der Waals surface area contributed by atoms with Gasteiger partial charge < -0.3 is 37.9 Å². The van der Waals surface area contributed by atoms with Crippen molar-refractivity contribution in [2.45, 2.75) is 83.2 Å². The lowest BCUT2D eigenvalue weighted by Crippen LogP contribution is -3.00. The van der Waals surface area contributed by atoms with E-state index in [-0.39, 0.29) is 36.5 Å². The Morgan fingerprint density at radius 2 is 1.76 bits per heavy atom. The number of hydrogen-bond donors (Lipinski definition) is 1. The summed E-state index contributed by atoms with van der Waals surface area (Å²) in [5, 5.41) is 3.69. The predicted molar refractivity (Wildman–Crippen MR) is 107 cm³/mol. The van der Waals surface area contributed by atoms with E-state index < -0.39 is 11.4 Å². The van der Waals surface area contributed by atoms with E-state index in [0.717, 1.165) is 30.3 Å². The molecule has 1 N–H and O–H groups in total. The lowest BCUT2D eigenvalue weighted by Gasteiger charge is -2.60. The highest BCUT2D eigenvalue weighted by Gasteiger charge is 2.69. The fourth-order valence-electron chi connectivity index (χ4n) is 6.09. The molecule has 8 atom stereocenters. The lowest BCUT2D eigenvalue weighted by atomic mass is 9.58. The minimum atomic E-state index is -0.687. The van der Waals surface area contributed by atoms with E-state index in [1.54, 1.807) is 0 Å². The van der Waals surface area contributed by atoms with E-state index in [1.165, 1.54) is 25.8 Å². The van der Waals surface area contributed by atoms with E-state index in [1.807, 2.05) is 6.92 Å². The number of fused-ring (bicyclic) bond motifs is 2. The largest absolute Gasteiger partial charge is 1.00 e. The van der Waals surface area contributed by atoms with Crippen molar-refractivity contribution in [3.8, 4) is 0 Å². The van der Waals surface area contributed by atoms with Crippen molar-refractivity contribution in [1.82, 2.24) is 5.32 Å². The molecule has 1 saturated carbocycles. The van der Waals surface area contributed by atoms with Gasteiger partial charge in [-0.1, -0.05) is 13.8 Å². The molecule has 1 aliphatic carbocycles. The van der Waals surface area contributed by atoms with Crippen LogP contribution in [0.2, 0.25) is 0 Å². The number of nitrogens with zero attached hydrogens (tertiary/aromatic N) is 1. The first-order valence-electron chi connectivity index (χ1n) is 11.4. The van der Waals surface area contributed by atoms with Gasteiger partial charge in [0, 0.05) is 18.3 Å². The number of unbranched alkanes of at least 4 members (excludes halogenated alkanes) is 1. The molecule has 0 aromatic carbocycles. The van der Waals surface area contributed by atoms with Gasteiger partial charge in [0.05, 0.1) is 27.7 Å². The molecule has 4 heterocycles. The van der Waals surface area contributed by atoms with Gasteiger partial charge in [-0.25, -0.2) is 9.78 Å². The summed E-state index contributed by atoms with van der Waals surface area (Å²) in [5.41, 5.74) is -0.449. The predicted octanol–water partition coefficient (Wildman–Crippen LogP) is 0.274. The Hall–Kier alpha value is 0.490. The van der Waals surface area contributed by atoms with Crippen molar-refractivity contribution in [1.29, 1.82) is 0 Å². The molecule has 0 radical (unpaired) electrons. The molecule has 7 heteroatoms. The first-order chi connectivity index (χ1) is 13.1. The fourth-order valence-corrected chi connectivity index (χ4v) is 6.09. The molecule has 1 spiro atoms. The Labute approximate surface area is 193 Å². The molecule has 6 nitrogen and oxygen atoms in total. The Balaban J connectivity index is 0.00000240. The smallest absolute Gasteiger partial charge is 0.201 e. The summed E-state index contributed by atoms with van der Waals surface area (Å²) < 4.78 is 14.0. The summed E-state index contributed by atoms with van der Waals surface area (Å²) in [4.78, 5) is 12.1. The summed E-state index contributed by atoms with van der Waals surface area (Å²) in [6.07, 6.45) is 6.43. The second-order valence-electron chi connectivity index (χ2n) is 11.0. The molecule has 5 aliphatic rings. The van der Waals surface area contributed by atoms with Crippen molar-refractivity contribution >= 4 is 0 Å². The number of rotatable bonds is 6. The Morgan fingerprint density at radius 1 is 1.00 bits per heavy atom. The van der Waals surface area contributed by atoms with Crippen LogP contribution in [0.3, 0.4) is 0 Å². The van der Waals surface area contributed by atoms with Crippen LogP contribution in [0.5, 0.6) is 0 Å². The molecule has 0 aromatic rings. The van der Waals surface area contributed by atoms with Crippen LogP contribution in [0.4, 0.5) is 0 Å². The van der Waals surface area contributed by atoms with Crippen molar-refractivity contribution in [2.24, 2.45) is 23.7 Å². The first-order valence-corrected chi connectivity index (χ1v) is 11.4. The van der Waals surface area contributed by atoms with Crippen molar-refractivity contribution in [2.75, 3.05) is 34.2 Å². The highest BCUT2D eigenvalue weighted by molar-refractivity contribution is 5.09.